The lowest BCUT2D eigenvalue weighted by molar-refractivity contribution is -0.138. The molecule has 0 saturated heterocycles. The van der Waals surface area contributed by atoms with E-state index in [1.165, 1.54) is 9.80 Å². The van der Waals surface area contributed by atoms with E-state index in [2.05, 4.69) is 23.7 Å². The van der Waals surface area contributed by atoms with Crippen molar-refractivity contribution in [3.8, 4) is 23.7 Å². The lowest BCUT2D eigenvalue weighted by atomic mass is 10.1. The van der Waals surface area contributed by atoms with Crippen molar-refractivity contribution in [3.05, 3.63) is 35.4 Å². The highest BCUT2D eigenvalue weighted by molar-refractivity contribution is 5.70. The van der Waals surface area contributed by atoms with Gasteiger partial charge in [0.2, 0.25) is 0 Å². The maximum atomic E-state index is 12.5. The average Bonchev–Trinajstić information content (AvgIpc) is 2.80. The Kier molecular flexibility index (Phi) is 13.6. The van der Waals surface area contributed by atoms with Crippen molar-refractivity contribution in [1.29, 1.82) is 0 Å². The normalized spacial score (nSPS) is 10.8. The number of carbonyl (C=O) groups excluding carboxylic acids is 2. The monoisotopic (exact) mass is 556 g/mol. The molecule has 0 unspecified atom stereocenters. The number of carboxylic acids is 2. The first kappa shape index (κ1) is 33.8. The predicted molar refractivity (Wildman–Crippen MR) is 150 cm³/mol. The summed E-state index contributed by atoms with van der Waals surface area (Å²) in [5, 5.41) is 17.8. The second-order valence-electron chi connectivity index (χ2n) is 11.0. The van der Waals surface area contributed by atoms with Crippen LogP contribution in [-0.2, 0) is 19.1 Å². The molecule has 0 aliphatic heterocycles. The highest BCUT2D eigenvalue weighted by Crippen LogP contribution is 2.12. The van der Waals surface area contributed by atoms with Crippen LogP contribution in [0, 0.1) is 23.7 Å². The lowest BCUT2D eigenvalue weighted by Gasteiger charge is -2.26. The largest absolute Gasteiger partial charge is 0.481 e. The molecule has 0 aliphatic carbocycles. The quantitative estimate of drug-likeness (QED) is 0.400. The third-order valence-electron chi connectivity index (χ3n) is 4.83. The molecule has 10 heteroatoms. The summed E-state index contributed by atoms with van der Waals surface area (Å²) in [5.74, 6) is 9.96. The van der Waals surface area contributed by atoms with Gasteiger partial charge in [0.25, 0.3) is 0 Å². The highest BCUT2D eigenvalue weighted by atomic mass is 16.6. The van der Waals surface area contributed by atoms with Gasteiger partial charge in [0.15, 0.2) is 0 Å². The molecule has 0 fully saturated rings. The van der Waals surface area contributed by atoms with Crippen LogP contribution < -0.4 is 0 Å². The number of amides is 2. The molecule has 0 radical (unpaired) electrons. The summed E-state index contributed by atoms with van der Waals surface area (Å²) in [6.45, 7) is 11.1. The number of carbonyl (C=O) groups is 4. The molecule has 0 aliphatic rings. The predicted octanol–water partition coefficient (Wildman–Crippen LogP) is 4.59. The molecule has 0 aromatic heterocycles. The second-order valence-corrected chi connectivity index (χ2v) is 11.0. The van der Waals surface area contributed by atoms with Gasteiger partial charge in [-0.05, 0) is 78.6 Å². The van der Waals surface area contributed by atoms with Crippen LogP contribution in [0.25, 0.3) is 0 Å². The minimum Gasteiger partial charge on any atom is -0.481 e. The minimum atomic E-state index is -0.936. The third kappa shape index (κ3) is 15.9. The fourth-order valence-corrected chi connectivity index (χ4v) is 3.08. The smallest absolute Gasteiger partial charge is 0.411 e. The van der Waals surface area contributed by atoms with Crippen LogP contribution in [0.15, 0.2) is 24.3 Å². The van der Waals surface area contributed by atoms with E-state index < -0.39 is 35.3 Å². The maximum absolute atomic E-state index is 12.5. The van der Waals surface area contributed by atoms with Crippen molar-refractivity contribution in [2.45, 2.75) is 78.4 Å². The van der Waals surface area contributed by atoms with Crippen LogP contribution in [-0.4, -0.2) is 81.5 Å². The van der Waals surface area contributed by atoms with Crippen molar-refractivity contribution in [2.75, 3.05) is 26.2 Å². The van der Waals surface area contributed by atoms with Crippen LogP contribution in [0.5, 0.6) is 0 Å². The fraction of sp³-hybridized carbons (Fsp3) is 0.533. The lowest BCUT2D eigenvalue weighted by Crippen LogP contribution is -2.37. The van der Waals surface area contributed by atoms with Gasteiger partial charge in [0, 0.05) is 37.1 Å². The summed E-state index contributed by atoms with van der Waals surface area (Å²) < 4.78 is 10.8. The number of hydrogen-bond donors (Lipinski definition) is 2. The number of aliphatic carboxylic acids is 2. The van der Waals surface area contributed by atoms with Crippen LogP contribution in [0.3, 0.4) is 0 Å². The summed E-state index contributed by atoms with van der Waals surface area (Å²) in [6.07, 6.45) is -0.661. The summed E-state index contributed by atoms with van der Waals surface area (Å²) in [7, 11) is 0. The average molecular weight is 557 g/mol. The Balaban J connectivity index is 2.85. The van der Waals surface area contributed by atoms with Gasteiger partial charge in [-0.3, -0.25) is 19.4 Å². The van der Waals surface area contributed by atoms with Gasteiger partial charge in [-0.25, -0.2) is 9.59 Å². The molecular weight excluding hydrogens is 516 g/mol. The molecular formula is C30H40N2O8. The van der Waals surface area contributed by atoms with Crippen LogP contribution in [0.2, 0.25) is 0 Å². The first-order valence-corrected chi connectivity index (χ1v) is 13.0. The maximum Gasteiger partial charge on any atom is 0.411 e. The summed E-state index contributed by atoms with van der Waals surface area (Å²) in [5.41, 5.74) is 0.0254. The van der Waals surface area contributed by atoms with Gasteiger partial charge in [-0.1, -0.05) is 23.7 Å². The van der Waals surface area contributed by atoms with E-state index in [4.69, 9.17) is 19.7 Å². The summed E-state index contributed by atoms with van der Waals surface area (Å²) in [6, 6.07) is 7.10. The van der Waals surface area contributed by atoms with E-state index in [1.807, 2.05) is 0 Å². The van der Waals surface area contributed by atoms with Crippen molar-refractivity contribution < 1.29 is 38.9 Å². The number of nitrogens with zero attached hydrogens (tertiary/aromatic N) is 2. The molecule has 0 heterocycles. The number of carboxylic acid groups (broad SMARTS) is 2. The molecule has 0 spiro atoms. The van der Waals surface area contributed by atoms with Crippen LogP contribution in [0.4, 0.5) is 9.59 Å². The number of ether oxygens (including phenoxy) is 2. The zero-order valence-corrected chi connectivity index (χ0v) is 24.2. The molecule has 0 bridgehead atoms. The molecule has 10 nitrogen and oxygen atoms in total. The molecule has 40 heavy (non-hydrogen) atoms. The fourth-order valence-electron chi connectivity index (χ4n) is 3.08. The molecule has 2 N–H and O–H groups in total. The minimum absolute atomic E-state index is 0.0624. The van der Waals surface area contributed by atoms with E-state index in [1.54, 1.807) is 65.8 Å². The summed E-state index contributed by atoms with van der Waals surface area (Å²) >= 11 is 0. The topological polar surface area (TPSA) is 134 Å². The first-order chi connectivity index (χ1) is 18.6. The Morgan fingerprint density at radius 3 is 1.27 bits per heavy atom. The highest BCUT2D eigenvalue weighted by Gasteiger charge is 2.22. The first-order valence-electron chi connectivity index (χ1n) is 13.0. The Morgan fingerprint density at radius 1 is 0.675 bits per heavy atom. The van der Waals surface area contributed by atoms with E-state index in [9.17, 15) is 19.2 Å². The van der Waals surface area contributed by atoms with Crippen molar-refractivity contribution in [2.24, 2.45) is 0 Å². The number of hydrogen-bond acceptors (Lipinski definition) is 6. The SMILES string of the molecule is CC(C)(C)OC(=O)N(CC#Cc1ccc(C#CCN(CCCC(=O)O)C(=O)OC(C)(C)C)cc1)CCCC(=O)O. The summed E-state index contributed by atoms with van der Waals surface area (Å²) in [4.78, 5) is 49.4. The van der Waals surface area contributed by atoms with Crippen LogP contribution in [0.1, 0.15) is 78.4 Å². The van der Waals surface area contributed by atoms with Crippen molar-refractivity contribution >= 4 is 24.1 Å². The van der Waals surface area contributed by atoms with Gasteiger partial charge in [-0.15, -0.1) is 0 Å². The zero-order valence-electron chi connectivity index (χ0n) is 24.2. The Morgan fingerprint density at radius 2 is 1.00 bits per heavy atom. The van der Waals surface area contributed by atoms with Crippen LogP contribution >= 0.6 is 0 Å². The Hall–Kier alpha value is -4.18. The van der Waals surface area contributed by atoms with Crippen molar-refractivity contribution in [3.63, 3.8) is 0 Å². The zero-order chi connectivity index (χ0) is 30.3. The van der Waals surface area contributed by atoms with Gasteiger partial charge in [-0.2, -0.15) is 0 Å². The van der Waals surface area contributed by atoms with E-state index in [-0.39, 0.29) is 51.9 Å². The van der Waals surface area contributed by atoms with Gasteiger partial charge >= 0.3 is 24.1 Å². The Bertz CT molecular complexity index is 1050. The van der Waals surface area contributed by atoms with E-state index in [0.29, 0.717) is 11.1 Å². The standard InChI is InChI=1S/C30H40N2O8/c1-29(2,3)39-27(37)31(21-9-13-25(33)34)19-7-11-23-15-17-24(18-16-23)12-8-20-32(22-10-14-26(35)36)28(38)40-30(4,5)6/h15-18H,9-10,13-14,19-22H2,1-6H3,(H,33,34)(H,35,36). The molecule has 2 amide bonds. The Labute approximate surface area is 236 Å². The van der Waals surface area contributed by atoms with Gasteiger partial charge < -0.3 is 19.7 Å². The van der Waals surface area contributed by atoms with Gasteiger partial charge in [0.1, 0.15) is 11.2 Å². The van der Waals surface area contributed by atoms with E-state index in [0.717, 1.165) is 0 Å². The molecule has 0 saturated carbocycles. The molecule has 0 atom stereocenters. The van der Waals surface area contributed by atoms with Gasteiger partial charge in [0.05, 0.1) is 13.1 Å². The molecule has 1 aromatic rings. The third-order valence-corrected chi connectivity index (χ3v) is 4.83. The molecule has 1 rings (SSSR count). The van der Waals surface area contributed by atoms with E-state index >= 15 is 0 Å². The number of rotatable bonds is 10. The number of benzene rings is 1. The van der Waals surface area contributed by atoms with Crippen molar-refractivity contribution in [1.82, 2.24) is 9.80 Å². The molecule has 1 aromatic carbocycles. The second kappa shape index (κ2) is 16.0. The molecule has 218 valence electrons.